The summed E-state index contributed by atoms with van der Waals surface area (Å²) in [5.74, 6) is 0. The average molecular weight is 150 g/mol. The summed E-state index contributed by atoms with van der Waals surface area (Å²) in [6.45, 7) is 0.537. The standard InChI is InChI=1S/C9H14N2/c1-11(8-7-10)9-5-3-2-4-6-9/h3,5,9H,2,4,6,8H2,1H3. The lowest BCUT2D eigenvalue weighted by atomic mass is 10.0. The number of hydrogen-bond acceptors (Lipinski definition) is 2. The molecule has 60 valence electrons. The summed E-state index contributed by atoms with van der Waals surface area (Å²) in [5.41, 5.74) is 0. The Morgan fingerprint density at radius 2 is 2.55 bits per heavy atom. The van der Waals surface area contributed by atoms with Gasteiger partial charge in [-0.25, -0.2) is 0 Å². The molecule has 0 saturated heterocycles. The predicted molar refractivity (Wildman–Crippen MR) is 45.0 cm³/mol. The third kappa shape index (κ3) is 2.36. The molecule has 0 aromatic rings. The molecule has 2 nitrogen and oxygen atoms in total. The SMILES string of the molecule is CN(CC#N)C1C=CCCC1. The van der Waals surface area contributed by atoms with Crippen molar-refractivity contribution in [3.63, 3.8) is 0 Å². The zero-order valence-corrected chi connectivity index (χ0v) is 6.95. The van der Waals surface area contributed by atoms with Crippen molar-refractivity contribution < 1.29 is 0 Å². The van der Waals surface area contributed by atoms with Crippen molar-refractivity contribution in [1.29, 1.82) is 5.26 Å². The van der Waals surface area contributed by atoms with E-state index in [-0.39, 0.29) is 0 Å². The van der Waals surface area contributed by atoms with Crippen LogP contribution in [-0.4, -0.2) is 24.5 Å². The van der Waals surface area contributed by atoms with Crippen LogP contribution in [0.3, 0.4) is 0 Å². The molecule has 0 aliphatic heterocycles. The molecular formula is C9H14N2. The van der Waals surface area contributed by atoms with Gasteiger partial charge < -0.3 is 0 Å². The first-order valence-corrected chi connectivity index (χ1v) is 4.08. The minimum absolute atomic E-state index is 0.503. The lowest BCUT2D eigenvalue weighted by molar-refractivity contribution is 0.291. The fraction of sp³-hybridized carbons (Fsp3) is 0.667. The first-order valence-electron chi connectivity index (χ1n) is 4.08. The molecule has 0 aromatic heterocycles. The van der Waals surface area contributed by atoms with Crippen LogP contribution < -0.4 is 0 Å². The zero-order valence-electron chi connectivity index (χ0n) is 6.95. The van der Waals surface area contributed by atoms with Crippen LogP contribution in [0.4, 0.5) is 0 Å². The van der Waals surface area contributed by atoms with E-state index in [0.717, 1.165) is 0 Å². The van der Waals surface area contributed by atoms with Crippen molar-refractivity contribution in [2.24, 2.45) is 0 Å². The van der Waals surface area contributed by atoms with Crippen LogP contribution in [0.15, 0.2) is 12.2 Å². The second-order valence-electron chi connectivity index (χ2n) is 3.00. The van der Waals surface area contributed by atoms with Gasteiger partial charge in [-0.05, 0) is 26.3 Å². The Labute approximate surface area is 68.1 Å². The minimum atomic E-state index is 0.503. The van der Waals surface area contributed by atoms with Crippen molar-refractivity contribution >= 4 is 0 Å². The first kappa shape index (κ1) is 8.29. The molecule has 0 aromatic carbocycles. The van der Waals surface area contributed by atoms with E-state index in [2.05, 4.69) is 23.1 Å². The molecule has 0 amide bonds. The van der Waals surface area contributed by atoms with E-state index >= 15 is 0 Å². The smallest absolute Gasteiger partial charge is 0.0868 e. The summed E-state index contributed by atoms with van der Waals surface area (Å²) in [4.78, 5) is 2.09. The Morgan fingerprint density at radius 1 is 1.73 bits per heavy atom. The van der Waals surface area contributed by atoms with Gasteiger partial charge in [-0.2, -0.15) is 5.26 Å². The molecule has 1 aliphatic carbocycles. The Balaban J connectivity index is 2.40. The quantitative estimate of drug-likeness (QED) is 0.441. The summed E-state index contributed by atoms with van der Waals surface area (Å²) in [6.07, 6.45) is 8.09. The van der Waals surface area contributed by atoms with Gasteiger partial charge in [-0.15, -0.1) is 0 Å². The third-order valence-corrected chi connectivity index (χ3v) is 2.12. The average Bonchev–Trinajstić information content (AvgIpc) is 2.07. The zero-order chi connectivity index (χ0) is 8.10. The van der Waals surface area contributed by atoms with Gasteiger partial charge in [0.25, 0.3) is 0 Å². The molecule has 11 heavy (non-hydrogen) atoms. The summed E-state index contributed by atoms with van der Waals surface area (Å²) in [6, 6.07) is 2.66. The molecule has 1 unspecified atom stereocenters. The van der Waals surface area contributed by atoms with Gasteiger partial charge in [0.15, 0.2) is 0 Å². The molecule has 1 aliphatic rings. The molecule has 0 spiro atoms. The molecule has 2 heteroatoms. The fourth-order valence-corrected chi connectivity index (χ4v) is 1.39. The topological polar surface area (TPSA) is 27.0 Å². The highest BCUT2D eigenvalue weighted by molar-refractivity contribution is 4.99. The first-order chi connectivity index (χ1) is 5.34. The Kier molecular flexibility index (Phi) is 3.13. The lowest BCUT2D eigenvalue weighted by Gasteiger charge is -2.24. The van der Waals surface area contributed by atoms with Gasteiger partial charge in [0.1, 0.15) is 0 Å². The van der Waals surface area contributed by atoms with Crippen molar-refractivity contribution in [3.8, 4) is 6.07 Å². The van der Waals surface area contributed by atoms with E-state index in [1.807, 2.05) is 7.05 Å². The van der Waals surface area contributed by atoms with Crippen LogP contribution in [-0.2, 0) is 0 Å². The Hall–Kier alpha value is -0.810. The Morgan fingerprint density at radius 3 is 3.09 bits per heavy atom. The maximum Gasteiger partial charge on any atom is 0.0868 e. The van der Waals surface area contributed by atoms with E-state index in [1.165, 1.54) is 19.3 Å². The van der Waals surface area contributed by atoms with Crippen LogP contribution in [0, 0.1) is 11.3 Å². The molecule has 0 N–H and O–H groups in total. The van der Waals surface area contributed by atoms with Crippen LogP contribution in [0.25, 0.3) is 0 Å². The van der Waals surface area contributed by atoms with Crippen molar-refractivity contribution in [2.75, 3.05) is 13.6 Å². The highest BCUT2D eigenvalue weighted by atomic mass is 15.1. The van der Waals surface area contributed by atoms with E-state index < -0.39 is 0 Å². The van der Waals surface area contributed by atoms with E-state index in [0.29, 0.717) is 12.6 Å². The Bertz CT molecular complexity index is 178. The maximum atomic E-state index is 8.45. The summed E-state index contributed by atoms with van der Waals surface area (Å²) in [7, 11) is 2.00. The van der Waals surface area contributed by atoms with Crippen LogP contribution >= 0.6 is 0 Å². The van der Waals surface area contributed by atoms with Gasteiger partial charge in [-0.3, -0.25) is 4.90 Å². The second-order valence-corrected chi connectivity index (χ2v) is 3.00. The van der Waals surface area contributed by atoms with E-state index in [9.17, 15) is 0 Å². The van der Waals surface area contributed by atoms with Crippen molar-refractivity contribution in [1.82, 2.24) is 4.90 Å². The van der Waals surface area contributed by atoms with Gasteiger partial charge in [0.05, 0.1) is 12.6 Å². The van der Waals surface area contributed by atoms with Crippen LogP contribution in [0.2, 0.25) is 0 Å². The number of allylic oxidation sites excluding steroid dienone is 1. The summed E-state index contributed by atoms with van der Waals surface area (Å²) in [5, 5.41) is 8.45. The number of likely N-dealkylation sites (N-methyl/N-ethyl adjacent to an activating group) is 1. The van der Waals surface area contributed by atoms with E-state index in [1.54, 1.807) is 0 Å². The maximum absolute atomic E-state index is 8.45. The fourth-order valence-electron chi connectivity index (χ4n) is 1.39. The van der Waals surface area contributed by atoms with Crippen LogP contribution in [0.5, 0.6) is 0 Å². The molecule has 0 bridgehead atoms. The largest absolute Gasteiger partial charge is 0.287 e. The normalized spacial score (nSPS) is 23.5. The third-order valence-electron chi connectivity index (χ3n) is 2.12. The summed E-state index contributed by atoms with van der Waals surface area (Å²) >= 11 is 0. The van der Waals surface area contributed by atoms with Crippen LogP contribution in [0.1, 0.15) is 19.3 Å². The number of nitrogens with zero attached hydrogens (tertiary/aromatic N) is 2. The minimum Gasteiger partial charge on any atom is -0.287 e. The summed E-state index contributed by atoms with van der Waals surface area (Å²) < 4.78 is 0. The molecule has 1 rings (SSSR count). The highest BCUT2D eigenvalue weighted by Gasteiger charge is 2.12. The lowest BCUT2D eigenvalue weighted by Crippen LogP contribution is -2.31. The number of nitriles is 1. The molecular weight excluding hydrogens is 136 g/mol. The molecule has 0 fully saturated rings. The second kappa shape index (κ2) is 4.15. The predicted octanol–water partition coefficient (Wildman–Crippen LogP) is 1.55. The van der Waals surface area contributed by atoms with Crippen molar-refractivity contribution in [2.45, 2.75) is 25.3 Å². The van der Waals surface area contributed by atoms with Crippen molar-refractivity contribution in [3.05, 3.63) is 12.2 Å². The monoisotopic (exact) mass is 150 g/mol. The molecule has 1 atom stereocenters. The molecule has 0 saturated carbocycles. The van der Waals surface area contributed by atoms with E-state index in [4.69, 9.17) is 5.26 Å². The highest BCUT2D eigenvalue weighted by Crippen LogP contribution is 2.14. The van der Waals surface area contributed by atoms with Gasteiger partial charge in [0, 0.05) is 6.04 Å². The van der Waals surface area contributed by atoms with Gasteiger partial charge in [-0.1, -0.05) is 12.2 Å². The number of rotatable bonds is 2. The van der Waals surface area contributed by atoms with Gasteiger partial charge >= 0.3 is 0 Å². The molecule has 0 radical (unpaired) electrons. The number of hydrogen-bond donors (Lipinski definition) is 0. The molecule has 0 heterocycles. The van der Waals surface area contributed by atoms with Gasteiger partial charge in [0.2, 0.25) is 0 Å².